The Bertz CT molecular complexity index is 922. The summed E-state index contributed by atoms with van der Waals surface area (Å²) in [6.07, 6.45) is 1.50. The lowest BCUT2D eigenvalue weighted by molar-refractivity contribution is 0.525. The molecule has 3 aromatic heterocycles. The topological polar surface area (TPSA) is 68.2 Å². The number of furan rings is 1. The van der Waals surface area contributed by atoms with Gasteiger partial charge < -0.3 is 9.73 Å². The maximum absolute atomic E-state index is 5.90. The van der Waals surface area contributed by atoms with Crippen LogP contribution >= 0.6 is 0 Å². The molecule has 4 aromatic rings. The molecule has 0 spiro atoms. The Hall–Kier alpha value is -2.89. The fourth-order valence-corrected chi connectivity index (χ4v) is 2.54. The van der Waals surface area contributed by atoms with Gasteiger partial charge in [-0.05, 0) is 26.0 Å². The number of anilines is 1. The predicted octanol–water partition coefficient (Wildman–Crippen LogP) is 3.35. The highest BCUT2D eigenvalue weighted by molar-refractivity contribution is 5.77. The zero-order chi connectivity index (χ0) is 15.1. The van der Waals surface area contributed by atoms with E-state index >= 15 is 0 Å². The Balaban J connectivity index is 1.70. The molecular formula is C16H15N5O. The number of nitrogens with zero attached hydrogens (tertiary/aromatic N) is 4. The highest BCUT2D eigenvalue weighted by Crippen LogP contribution is 2.26. The smallest absolute Gasteiger partial charge is 0.254 e. The molecule has 1 N–H and O–H groups in total. The van der Waals surface area contributed by atoms with Gasteiger partial charge in [-0.25, -0.2) is 4.98 Å². The van der Waals surface area contributed by atoms with Gasteiger partial charge in [0.1, 0.15) is 23.5 Å². The summed E-state index contributed by atoms with van der Waals surface area (Å²) >= 11 is 0. The van der Waals surface area contributed by atoms with Crippen molar-refractivity contribution < 1.29 is 4.42 Å². The molecule has 0 aliphatic carbocycles. The van der Waals surface area contributed by atoms with Crippen LogP contribution in [0.2, 0.25) is 0 Å². The minimum atomic E-state index is 0.00148. The molecule has 6 nitrogen and oxygen atoms in total. The van der Waals surface area contributed by atoms with Gasteiger partial charge in [-0.3, -0.25) is 0 Å². The molecule has 1 aromatic carbocycles. The predicted molar refractivity (Wildman–Crippen MR) is 83.8 cm³/mol. The minimum Gasteiger partial charge on any atom is -0.459 e. The number of aromatic nitrogens is 4. The van der Waals surface area contributed by atoms with E-state index in [2.05, 4.69) is 33.4 Å². The Kier molecular flexibility index (Phi) is 2.82. The fraction of sp³-hybridized carbons (Fsp3) is 0.188. The summed E-state index contributed by atoms with van der Waals surface area (Å²) in [6.45, 7) is 3.99. The second-order valence-electron chi connectivity index (χ2n) is 5.31. The van der Waals surface area contributed by atoms with Gasteiger partial charge in [0, 0.05) is 17.1 Å². The molecule has 0 saturated carbocycles. The highest BCUT2D eigenvalue weighted by atomic mass is 16.3. The average Bonchev–Trinajstić information content (AvgIpc) is 3.12. The minimum absolute atomic E-state index is 0.00148. The average molecular weight is 293 g/mol. The van der Waals surface area contributed by atoms with Gasteiger partial charge in [0.05, 0.1) is 6.04 Å². The van der Waals surface area contributed by atoms with Crippen LogP contribution in [0.5, 0.6) is 0 Å². The molecule has 0 unspecified atom stereocenters. The van der Waals surface area contributed by atoms with Crippen LogP contribution < -0.4 is 5.32 Å². The lowest BCUT2D eigenvalue weighted by Crippen LogP contribution is -2.10. The molecule has 0 saturated heterocycles. The number of nitrogens with one attached hydrogen (secondary N) is 1. The first-order valence-electron chi connectivity index (χ1n) is 7.13. The van der Waals surface area contributed by atoms with E-state index in [9.17, 15) is 0 Å². The maximum Gasteiger partial charge on any atom is 0.254 e. The SMILES string of the molecule is Cc1cc(N[C@H](C)c2cc3ccccc3o2)n2ncnc2n1. The van der Waals surface area contributed by atoms with Crippen molar-refractivity contribution in [2.24, 2.45) is 0 Å². The Labute approximate surface area is 126 Å². The first-order chi connectivity index (χ1) is 10.7. The Morgan fingerprint density at radius 2 is 2.09 bits per heavy atom. The van der Waals surface area contributed by atoms with E-state index in [0.29, 0.717) is 5.78 Å². The molecule has 0 amide bonds. The zero-order valence-electron chi connectivity index (χ0n) is 12.3. The standard InChI is InChI=1S/C16H15N5O/c1-10-7-15(21-16(19-10)17-9-18-21)20-11(2)14-8-12-5-3-4-6-13(12)22-14/h3-9,11,20H,1-2H3/t11-/m1/s1. The third kappa shape index (κ3) is 2.09. The van der Waals surface area contributed by atoms with E-state index in [-0.39, 0.29) is 6.04 Å². The van der Waals surface area contributed by atoms with Crippen LogP contribution in [0.1, 0.15) is 24.4 Å². The van der Waals surface area contributed by atoms with Crippen LogP contribution in [0.4, 0.5) is 5.82 Å². The lowest BCUT2D eigenvalue weighted by Gasteiger charge is -2.13. The molecular weight excluding hydrogens is 278 g/mol. The first kappa shape index (κ1) is 12.8. The molecule has 0 aliphatic rings. The van der Waals surface area contributed by atoms with Crippen LogP contribution in [0.3, 0.4) is 0 Å². The number of benzene rings is 1. The van der Waals surface area contributed by atoms with Gasteiger partial charge in [0.25, 0.3) is 5.78 Å². The number of hydrogen-bond acceptors (Lipinski definition) is 5. The summed E-state index contributed by atoms with van der Waals surface area (Å²) in [5, 5.41) is 8.71. The van der Waals surface area contributed by atoms with Crippen LogP contribution in [0.25, 0.3) is 16.7 Å². The second-order valence-corrected chi connectivity index (χ2v) is 5.31. The monoisotopic (exact) mass is 293 g/mol. The van der Waals surface area contributed by atoms with E-state index in [1.54, 1.807) is 4.52 Å². The first-order valence-corrected chi connectivity index (χ1v) is 7.13. The molecule has 6 heteroatoms. The third-order valence-electron chi connectivity index (χ3n) is 3.62. The van der Waals surface area contributed by atoms with Gasteiger partial charge in [-0.2, -0.15) is 14.6 Å². The summed E-state index contributed by atoms with van der Waals surface area (Å²) in [5.41, 5.74) is 1.78. The largest absolute Gasteiger partial charge is 0.459 e. The Morgan fingerprint density at radius 1 is 1.23 bits per heavy atom. The summed E-state index contributed by atoms with van der Waals surface area (Å²) < 4.78 is 7.59. The number of aryl methyl sites for hydroxylation is 1. The van der Waals surface area contributed by atoms with E-state index in [4.69, 9.17) is 4.42 Å². The fourth-order valence-electron chi connectivity index (χ4n) is 2.54. The number of hydrogen-bond donors (Lipinski definition) is 1. The van der Waals surface area contributed by atoms with Crippen molar-refractivity contribution >= 4 is 22.6 Å². The molecule has 1 atom stereocenters. The highest BCUT2D eigenvalue weighted by Gasteiger charge is 2.14. The molecule has 0 bridgehead atoms. The normalized spacial score (nSPS) is 12.8. The summed E-state index contributed by atoms with van der Waals surface area (Å²) in [4.78, 5) is 8.47. The van der Waals surface area contributed by atoms with Gasteiger partial charge in [-0.1, -0.05) is 18.2 Å². The van der Waals surface area contributed by atoms with Crippen LogP contribution in [-0.2, 0) is 0 Å². The van der Waals surface area contributed by atoms with Crippen molar-refractivity contribution in [1.82, 2.24) is 19.6 Å². The van der Waals surface area contributed by atoms with E-state index in [0.717, 1.165) is 28.2 Å². The number of fused-ring (bicyclic) bond motifs is 2. The number of para-hydroxylation sites is 1. The van der Waals surface area contributed by atoms with Gasteiger partial charge in [-0.15, -0.1) is 0 Å². The summed E-state index contributed by atoms with van der Waals surface area (Å²) in [6, 6.07) is 12.0. The molecule has 0 aliphatic heterocycles. The third-order valence-corrected chi connectivity index (χ3v) is 3.62. The molecule has 110 valence electrons. The van der Waals surface area contributed by atoms with E-state index in [1.807, 2.05) is 37.3 Å². The molecule has 0 fully saturated rings. The van der Waals surface area contributed by atoms with E-state index in [1.165, 1.54) is 6.33 Å². The van der Waals surface area contributed by atoms with Crippen molar-refractivity contribution in [2.45, 2.75) is 19.9 Å². The van der Waals surface area contributed by atoms with Crippen LogP contribution in [0, 0.1) is 6.92 Å². The van der Waals surface area contributed by atoms with Crippen molar-refractivity contribution in [2.75, 3.05) is 5.32 Å². The summed E-state index contributed by atoms with van der Waals surface area (Å²) in [7, 11) is 0. The maximum atomic E-state index is 5.90. The van der Waals surface area contributed by atoms with Crippen molar-refractivity contribution in [3.63, 3.8) is 0 Å². The summed E-state index contributed by atoms with van der Waals surface area (Å²) in [5.74, 6) is 2.30. The molecule has 4 rings (SSSR count). The zero-order valence-corrected chi connectivity index (χ0v) is 12.3. The molecule has 3 heterocycles. The van der Waals surface area contributed by atoms with E-state index < -0.39 is 0 Å². The quantitative estimate of drug-likeness (QED) is 0.627. The number of rotatable bonds is 3. The van der Waals surface area contributed by atoms with Crippen LogP contribution in [-0.4, -0.2) is 19.6 Å². The molecule has 22 heavy (non-hydrogen) atoms. The van der Waals surface area contributed by atoms with Crippen molar-refractivity contribution in [3.05, 3.63) is 54.2 Å². The van der Waals surface area contributed by atoms with Gasteiger partial charge in [0.15, 0.2) is 0 Å². The Morgan fingerprint density at radius 3 is 2.95 bits per heavy atom. The van der Waals surface area contributed by atoms with Crippen molar-refractivity contribution in [1.29, 1.82) is 0 Å². The van der Waals surface area contributed by atoms with Crippen molar-refractivity contribution in [3.8, 4) is 0 Å². The molecule has 0 radical (unpaired) electrons. The second kappa shape index (κ2) is 4.84. The van der Waals surface area contributed by atoms with Gasteiger partial charge >= 0.3 is 0 Å². The van der Waals surface area contributed by atoms with Crippen LogP contribution in [0.15, 0.2) is 47.1 Å². The lowest BCUT2D eigenvalue weighted by atomic mass is 10.2. The van der Waals surface area contributed by atoms with Gasteiger partial charge in [0.2, 0.25) is 0 Å².